The minimum Gasteiger partial charge on any atom is -0.319 e. The molecule has 0 unspecified atom stereocenters. The van der Waals surface area contributed by atoms with E-state index >= 15 is 0 Å². The van der Waals surface area contributed by atoms with Crippen molar-refractivity contribution < 1.29 is 9.19 Å². The van der Waals surface area contributed by atoms with Gasteiger partial charge in [-0.05, 0) is 28.7 Å². The quantitative estimate of drug-likeness (QED) is 0.631. The molecule has 0 fully saturated rings. The van der Waals surface area contributed by atoms with E-state index in [9.17, 15) is 4.57 Å². The van der Waals surface area contributed by atoms with Crippen LogP contribution in [0.3, 0.4) is 0 Å². The smallest absolute Gasteiger partial charge is 0.149 e. The zero-order valence-electron chi connectivity index (χ0n) is 10.1. The average Bonchev–Trinajstić information content (AvgIpc) is 2.85. The molecule has 0 saturated carbocycles. The molecule has 92 valence electrons. The van der Waals surface area contributed by atoms with Crippen molar-refractivity contribution in [2.45, 2.75) is 18.7 Å². The second-order valence-corrected chi connectivity index (χ2v) is 8.14. The van der Waals surface area contributed by atoms with Crippen LogP contribution in [0.15, 0.2) is 21.7 Å². The van der Waals surface area contributed by atoms with Crippen molar-refractivity contribution in [2.75, 3.05) is 18.6 Å². The molecule has 0 aliphatic rings. The number of rotatable bonds is 4. The summed E-state index contributed by atoms with van der Waals surface area (Å²) in [6, 6.07) is 3.86. The fourth-order valence-corrected chi connectivity index (χ4v) is 4.43. The van der Waals surface area contributed by atoms with E-state index in [1.165, 1.54) is 0 Å². The van der Waals surface area contributed by atoms with Gasteiger partial charge in [0.15, 0.2) is 0 Å². The number of thioether (sulfide) groups is 1. The molecule has 1 aromatic carbocycles. The Balaban J connectivity index is 2.72. The van der Waals surface area contributed by atoms with Gasteiger partial charge < -0.3 is 4.57 Å². The zero-order chi connectivity index (χ0) is 12.5. The summed E-state index contributed by atoms with van der Waals surface area (Å²) in [7, 11) is -2.35. The lowest BCUT2D eigenvalue weighted by molar-refractivity contribution is 0.315. The molecule has 0 spiro atoms. The average molecular weight is 270 g/mol. The molecule has 0 N–H and O–H groups in total. The summed E-state index contributed by atoms with van der Waals surface area (Å²) >= 11 is 1.59. The standard InChI is InChI=1S/C11H15N2O2PS/c1-4-16(14,5-2)8-6-7-9(17-3)11-10(8)12-15-13-11/h6-7H,4-5H2,1-3H3. The number of fused-ring (bicyclic) bond motifs is 1. The summed E-state index contributed by atoms with van der Waals surface area (Å²) in [6.07, 6.45) is 3.26. The van der Waals surface area contributed by atoms with Gasteiger partial charge in [0.2, 0.25) is 0 Å². The highest BCUT2D eigenvalue weighted by Gasteiger charge is 2.25. The van der Waals surface area contributed by atoms with Gasteiger partial charge in [-0.3, -0.25) is 0 Å². The van der Waals surface area contributed by atoms with E-state index in [4.69, 9.17) is 4.63 Å². The second kappa shape index (κ2) is 4.83. The van der Waals surface area contributed by atoms with Crippen molar-refractivity contribution in [2.24, 2.45) is 0 Å². The molecule has 0 atom stereocenters. The lowest BCUT2D eigenvalue weighted by Gasteiger charge is -2.14. The monoisotopic (exact) mass is 270 g/mol. The molecule has 4 nitrogen and oxygen atoms in total. The van der Waals surface area contributed by atoms with Gasteiger partial charge in [-0.2, -0.15) is 0 Å². The molecule has 17 heavy (non-hydrogen) atoms. The van der Waals surface area contributed by atoms with Gasteiger partial charge in [-0.25, -0.2) is 4.63 Å². The number of hydrogen-bond donors (Lipinski definition) is 0. The van der Waals surface area contributed by atoms with E-state index in [1.807, 2.05) is 32.2 Å². The van der Waals surface area contributed by atoms with Crippen LogP contribution in [0.5, 0.6) is 0 Å². The van der Waals surface area contributed by atoms with E-state index in [2.05, 4.69) is 10.3 Å². The van der Waals surface area contributed by atoms with E-state index in [1.54, 1.807) is 11.8 Å². The van der Waals surface area contributed by atoms with E-state index < -0.39 is 7.14 Å². The molecule has 0 bridgehead atoms. The van der Waals surface area contributed by atoms with E-state index in [-0.39, 0.29) is 0 Å². The van der Waals surface area contributed by atoms with Gasteiger partial charge in [0, 0.05) is 22.5 Å². The first-order chi connectivity index (χ1) is 8.16. The van der Waals surface area contributed by atoms with Gasteiger partial charge in [0.05, 0.1) is 0 Å². The Bertz CT molecular complexity index is 574. The molecule has 0 amide bonds. The summed E-state index contributed by atoms with van der Waals surface area (Å²) in [5, 5.41) is 8.62. The molecule has 1 heterocycles. The molecular formula is C11H15N2O2PS. The molecule has 2 rings (SSSR count). The Hall–Kier alpha value is -0.800. The van der Waals surface area contributed by atoms with Crippen molar-refractivity contribution in [3.63, 3.8) is 0 Å². The van der Waals surface area contributed by atoms with Crippen LogP contribution in [0.4, 0.5) is 0 Å². The first-order valence-electron chi connectivity index (χ1n) is 5.54. The summed E-state index contributed by atoms with van der Waals surface area (Å²) in [5.41, 5.74) is 1.38. The Kier molecular flexibility index (Phi) is 3.59. The lowest BCUT2D eigenvalue weighted by atomic mass is 10.3. The number of benzene rings is 1. The topological polar surface area (TPSA) is 56.0 Å². The summed E-state index contributed by atoms with van der Waals surface area (Å²) in [5.74, 6) is 0. The molecular weight excluding hydrogens is 255 g/mol. The predicted octanol–water partition coefficient (Wildman–Crippen LogP) is 2.97. The molecule has 2 aromatic rings. The van der Waals surface area contributed by atoms with Gasteiger partial charge in [0.25, 0.3) is 0 Å². The van der Waals surface area contributed by atoms with Crippen LogP contribution in [-0.4, -0.2) is 28.9 Å². The Labute approximate surface area is 104 Å². The third-order valence-corrected chi connectivity index (χ3v) is 7.09. The molecule has 0 saturated heterocycles. The van der Waals surface area contributed by atoms with Crippen LogP contribution in [0.25, 0.3) is 11.0 Å². The summed E-state index contributed by atoms with van der Waals surface area (Å²) in [4.78, 5) is 1.00. The Morgan fingerprint density at radius 3 is 2.47 bits per heavy atom. The molecule has 0 aliphatic heterocycles. The van der Waals surface area contributed by atoms with Gasteiger partial charge in [-0.1, -0.05) is 13.8 Å². The molecule has 6 heteroatoms. The highest BCUT2D eigenvalue weighted by Crippen LogP contribution is 2.45. The van der Waals surface area contributed by atoms with Gasteiger partial charge >= 0.3 is 0 Å². The summed E-state index contributed by atoms with van der Waals surface area (Å²) < 4.78 is 17.5. The van der Waals surface area contributed by atoms with Crippen molar-refractivity contribution in [3.05, 3.63) is 12.1 Å². The van der Waals surface area contributed by atoms with Crippen LogP contribution < -0.4 is 5.30 Å². The van der Waals surface area contributed by atoms with Gasteiger partial charge in [-0.15, -0.1) is 11.8 Å². The fourth-order valence-electron chi connectivity index (χ4n) is 1.89. The van der Waals surface area contributed by atoms with Crippen molar-refractivity contribution in [3.8, 4) is 0 Å². The van der Waals surface area contributed by atoms with Crippen LogP contribution in [0.1, 0.15) is 13.8 Å². The van der Waals surface area contributed by atoms with Crippen molar-refractivity contribution >= 4 is 35.2 Å². The molecule has 0 aliphatic carbocycles. The highest BCUT2D eigenvalue weighted by molar-refractivity contribution is 7.98. The van der Waals surface area contributed by atoms with Crippen LogP contribution >= 0.6 is 18.9 Å². The third kappa shape index (κ3) is 2.02. The maximum atomic E-state index is 12.7. The third-order valence-electron chi connectivity index (χ3n) is 3.04. The predicted molar refractivity (Wildman–Crippen MR) is 71.9 cm³/mol. The number of hydrogen-bond acceptors (Lipinski definition) is 5. The SMILES string of the molecule is CCP(=O)(CC)c1ccc(SC)c2nonc12. The van der Waals surface area contributed by atoms with E-state index in [0.29, 0.717) is 17.8 Å². The van der Waals surface area contributed by atoms with Crippen molar-refractivity contribution in [1.29, 1.82) is 0 Å². The molecule has 1 aromatic heterocycles. The fraction of sp³-hybridized carbons (Fsp3) is 0.455. The largest absolute Gasteiger partial charge is 0.319 e. The van der Waals surface area contributed by atoms with Crippen molar-refractivity contribution in [1.82, 2.24) is 10.3 Å². The Morgan fingerprint density at radius 1 is 1.24 bits per heavy atom. The number of aromatic nitrogens is 2. The molecule has 0 radical (unpaired) electrons. The van der Waals surface area contributed by atoms with Crippen LogP contribution in [0, 0.1) is 0 Å². The minimum absolute atomic E-state index is 0.643. The maximum absolute atomic E-state index is 12.7. The first-order valence-corrected chi connectivity index (χ1v) is 8.84. The first kappa shape index (κ1) is 12.7. The second-order valence-electron chi connectivity index (χ2n) is 3.77. The highest BCUT2D eigenvalue weighted by atomic mass is 32.2. The Morgan fingerprint density at radius 2 is 1.88 bits per heavy atom. The van der Waals surface area contributed by atoms with E-state index in [0.717, 1.165) is 15.7 Å². The van der Waals surface area contributed by atoms with Crippen LogP contribution in [-0.2, 0) is 4.57 Å². The normalized spacial score (nSPS) is 12.2. The number of nitrogens with zero attached hydrogens (tertiary/aromatic N) is 2. The van der Waals surface area contributed by atoms with Gasteiger partial charge in [0.1, 0.15) is 18.2 Å². The minimum atomic E-state index is -2.35. The summed E-state index contributed by atoms with van der Waals surface area (Å²) in [6.45, 7) is 3.90. The van der Waals surface area contributed by atoms with Crippen LogP contribution in [0.2, 0.25) is 0 Å². The lowest BCUT2D eigenvalue weighted by Crippen LogP contribution is -2.10. The zero-order valence-corrected chi connectivity index (χ0v) is 11.8. The maximum Gasteiger partial charge on any atom is 0.149 e.